The van der Waals surface area contributed by atoms with Gasteiger partial charge in [-0.1, -0.05) is 35.9 Å². The minimum Gasteiger partial charge on any atom is -0.494 e. The van der Waals surface area contributed by atoms with Crippen molar-refractivity contribution in [3.05, 3.63) is 71.5 Å². The molecule has 6 nitrogen and oxygen atoms in total. The molecule has 31 heavy (non-hydrogen) atoms. The van der Waals surface area contributed by atoms with Crippen LogP contribution in [0.25, 0.3) is 11.3 Å². The van der Waals surface area contributed by atoms with Gasteiger partial charge in [0.1, 0.15) is 6.54 Å². The van der Waals surface area contributed by atoms with E-state index in [1.54, 1.807) is 12.3 Å². The Labute approximate surface area is 199 Å². The Kier molecular flexibility index (Phi) is 9.29. The summed E-state index contributed by atoms with van der Waals surface area (Å²) in [5.74, 6) is 1.65. The van der Waals surface area contributed by atoms with Crippen LogP contribution in [0.1, 0.15) is 36.9 Å². The van der Waals surface area contributed by atoms with Crippen LogP contribution in [-0.4, -0.2) is 24.6 Å². The number of aryl methyl sites for hydroxylation is 1. The molecule has 1 aromatic heterocycles. The third kappa shape index (κ3) is 6.68. The molecule has 0 aliphatic heterocycles. The fourth-order valence-electron chi connectivity index (χ4n) is 2.94. The fourth-order valence-corrected chi connectivity index (χ4v) is 2.94. The van der Waals surface area contributed by atoms with E-state index in [0.29, 0.717) is 24.2 Å². The van der Waals surface area contributed by atoms with E-state index in [9.17, 15) is 4.39 Å². The van der Waals surface area contributed by atoms with Crippen molar-refractivity contribution in [2.45, 2.75) is 33.4 Å². The summed E-state index contributed by atoms with van der Waals surface area (Å²) >= 11 is 0. The largest absolute Gasteiger partial charge is 0.494 e. The molecule has 0 aliphatic rings. The number of benzene rings is 2. The van der Waals surface area contributed by atoms with Gasteiger partial charge in [-0.05, 0) is 38.5 Å². The van der Waals surface area contributed by atoms with Gasteiger partial charge in [-0.3, -0.25) is 0 Å². The number of aliphatic imine (C=N–C) groups is 1. The molecule has 1 unspecified atom stereocenters. The van der Waals surface area contributed by atoms with E-state index in [2.05, 4.69) is 20.6 Å². The Morgan fingerprint density at radius 2 is 1.97 bits per heavy atom. The first-order chi connectivity index (χ1) is 14.5. The number of rotatable bonds is 7. The Morgan fingerprint density at radius 1 is 1.23 bits per heavy atom. The van der Waals surface area contributed by atoms with Gasteiger partial charge in [0.05, 0.1) is 19.3 Å². The van der Waals surface area contributed by atoms with Crippen LogP contribution in [0.2, 0.25) is 0 Å². The molecule has 0 bridgehead atoms. The Morgan fingerprint density at radius 3 is 2.61 bits per heavy atom. The zero-order valence-corrected chi connectivity index (χ0v) is 20.4. The highest BCUT2D eigenvalue weighted by molar-refractivity contribution is 14.0. The van der Waals surface area contributed by atoms with E-state index in [-0.39, 0.29) is 42.3 Å². The zero-order valence-electron chi connectivity index (χ0n) is 18.1. The van der Waals surface area contributed by atoms with Crippen molar-refractivity contribution in [3.8, 4) is 17.1 Å². The molecule has 0 saturated heterocycles. The average Bonchev–Trinajstić information content (AvgIpc) is 3.21. The molecule has 2 N–H and O–H groups in total. The molecule has 0 fully saturated rings. The monoisotopic (exact) mass is 538 g/mol. The lowest BCUT2D eigenvalue weighted by atomic mass is 10.1. The topological polar surface area (TPSA) is 71.7 Å². The lowest BCUT2D eigenvalue weighted by Gasteiger charge is -2.18. The third-order valence-corrected chi connectivity index (χ3v) is 4.64. The number of halogens is 2. The van der Waals surface area contributed by atoms with Gasteiger partial charge in [0.25, 0.3) is 0 Å². The van der Waals surface area contributed by atoms with Crippen molar-refractivity contribution in [2.24, 2.45) is 4.99 Å². The molecule has 0 radical (unpaired) electrons. The van der Waals surface area contributed by atoms with Crippen LogP contribution in [0.3, 0.4) is 0 Å². The second-order valence-electron chi connectivity index (χ2n) is 6.94. The second-order valence-corrected chi connectivity index (χ2v) is 6.94. The number of ether oxygens (including phenoxy) is 1. The van der Waals surface area contributed by atoms with Crippen LogP contribution >= 0.6 is 24.0 Å². The first-order valence-corrected chi connectivity index (χ1v) is 9.90. The summed E-state index contributed by atoms with van der Waals surface area (Å²) in [6.45, 7) is 6.94. The SMILES string of the molecule is CCNC(=NCc1ncc(-c2ccc(C)cc2)o1)NC(C)c1ccc(OC)c(F)c1.I. The number of oxazole rings is 1. The molecule has 0 saturated carbocycles. The molecule has 0 aliphatic carbocycles. The smallest absolute Gasteiger partial charge is 0.216 e. The van der Waals surface area contributed by atoms with E-state index < -0.39 is 5.82 Å². The van der Waals surface area contributed by atoms with Crippen molar-refractivity contribution < 1.29 is 13.5 Å². The van der Waals surface area contributed by atoms with E-state index in [4.69, 9.17) is 9.15 Å². The lowest BCUT2D eigenvalue weighted by Crippen LogP contribution is -2.38. The van der Waals surface area contributed by atoms with Gasteiger partial charge in [0.2, 0.25) is 5.89 Å². The number of hydrogen-bond acceptors (Lipinski definition) is 4. The van der Waals surface area contributed by atoms with Crippen LogP contribution in [0, 0.1) is 12.7 Å². The minimum atomic E-state index is -0.394. The average molecular weight is 538 g/mol. The molecule has 3 aromatic rings. The van der Waals surface area contributed by atoms with Crippen LogP contribution in [-0.2, 0) is 6.54 Å². The van der Waals surface area contributed by atoms with E-state index >= 15 is 0 Å². The number of nitrogens with one attached hydrogen (secondary N) is 2. The predicted molar refractivity (Wildman–Crippen MR) is 131 cm³/mol. The first-order valence-electron chi connectivity index (χ1n) is 9.90. The van der Waals surface area contributed by atoms with Gasteiger partial charge in [-0.2, -0.15) is 0 Å². The second kappa shape index (κ2) is 11.7. The highest BCUT2D eigenvalue weighted by Crippen LogP contribution is 2.22. The Hall–Kier alpha value is -2.62. The van der Waals surface area contributed by atoms with E-state index in [1.165, 1.54) is 18.7 Å². The molecular weight excluding hydrogens is 510 g/mol. The normalized spacial score (nSPS) is 12.1. The highest BCUT2D eigenvalue weighted by atomic mass is 127. The number of guanidine groups is 1. The van der Waals surface area contributed by atoms with Crippen molar-refractivity contribution >= 4 is 29.9 Å². The fraction of sp³-hybridized carbons (Fsp3) is 0.304. The standard InChI is InChI=1S/C23H27FN4O2.HI/c1-5-25-23(28-16(3)18-10-11-20(29-4)19(24)12-18)27-14-22-26-13-21(30-22)17-8-6-15(2)7-9-17;/h6-13,16H,5,14H2,1-4H3,(H2,25,27,28);1H. The molecule has 8 heteroatoms. The first kappa shape index (κ1) is 24.6. The van der Waals surface area contributed by atoms with Crippen LogP contribution < -0.4 is 15.4 Å². The van der Waals surface area contributed by atoms with Gasteiger partial charge < -0.3 is 19.8 Å². The Bertz CT molecular complexity index is 1010. The third-order valence-electron chi connectivity index (χ3n) is 4.64. The van der Waals surface area contributed by atoms with Crippen molar-refractivity contribution in [3.63, 3.8) is 0 Å². The highest BCUT2D eigenvalue weighted by Gasteiger charge is 2.12. The molecule has 0 spiro atoms. The maximum atomic E-state index is 14.0. The molecule has 0 amide bonds. The molecule has 166 valence electrons. The Balaban J connectivity index is 0.00000341. The summed E-state index contributed by atoms with van der Waals surface area (Å²) < 4.78 is 24.8. The number of hydrogen-bond donors (Lipinski definition) is 2. The van der Waals surface area contributed by atoms with Crippen molar-refractivity contribution in [2.75, 3.05) is 13.7 Å². The van der Waals surface area contributed by atoms with Crippen molar-refractivity contribution in [1.29, 1.82) is 0 Å². The predicted octanol–water partition coefficient (Wildman–Crippen LogP) is 5.23. The molecule has 3 rings (SSSR count). The van der Waals surface area contributed by atoms with Gasteiger partial charge in [0, 0.05) is 12.1 Å². The van der Waals surface area contributed by atoms with Crippen LogP contribution in [0.4, 0.5) is 4.39 Å². The number of nitrogens with zero attached hydrogens (tertiary/aromatic N) is 2. The summed E-state index contributed by atoms with van der Waals surface area (Å²) in [7, 11) is 1.45. The van der Waals surface area contributed by atoms with Gasteiger partial charge in [0.15, 0.2) is 23.3 Å². The minimum absolute atomic E-state index is 0. The van der Waals surface area contributed by atoms with Gasteiger partial charge in [-0.25, -0.2) is 14.4 Å². The number of aromatic nitrogens is 1. The summed E-state index contributed by atoms with van der Waals surface area (Å²) in [5.41, 5.74) is 2.95. The maximum absolute atomic E-state index is 14.0. The summed E-state index contributed by atoms with van der Waals surface area (Å²) in [4.78, 5) is 8.87. The summed E-state index contributed by atoms with van der Waals surface area (Å²) in [5, 5.41) is 6.46. The van der Waals surface area contributed by atoms with Crippen molar-refractivity contribution in [1.82, 2.24) is 15.6 Å². The summed E-state index contributed by atoms with van der Waals surface area (Å²) in [6.07, 6.45) is 1.71. The molecule has 2 aromatic carbocycles. The van der Waals surface area contributed by atoms with Crippen LogP contribution in [0.15, 0.2) is 58.1 Å². The van der Waals surface area contributed by atoms with E-state index in [1.807, 2.05) is 51.1 Å². The maximum Gasteiger partial charge on any atom is 0.216 e. The quantitative estimate of drug-likeness (QED) is 0.245. The van der Waals surface area contributed by atoms with Crippen LogP contribution in [0.5, 0.6) is 5.75 Å². The lowest BCUT2D eigenvalue weighted by molar-refractivity contribution is 0.386. The molecule has 1 atom stereocenters. The molecular formula is C23H28FIN4O2. The number of methoxy groups -OCH3 is 1. The van der Waals surface area contributed by atoms with Gasteiger partial charge in [-0.15, -0.1) is 24.0 Å². The van der Waals surface area contributed by atoms with Gasteiger partial charge >= 0.3 is 0 Å². The molecule has 1 heterocycles. The summed E-state index contributed by atoms with van der Waals surface area (Å²) in [6, 6.07) is 12.8. The van der Waals surface area contributed by atoms with E-state index in [0.717, 1.165) is 11.1 Å². The zero-order chi connectivity index (χ0) is 21.5.